The Morgan fingerprint density at radius 2 is 1.80 bits per heavy atom. The number of carbonyl (C=O) groups is 1. The molecule has 0 fully saturated rings. The summed E-state index contributed by atoms with van der Waals surface area (Å²) in [4.78, 5) is 13.8. The molecule has 1 aromatic rings. The Hall–Kier alpha value is -1.31. The van der Waals surface area contributed by atoms with Crippen LogP contribution >= 0.6 is 0 Å². The predicted molar refractivity (Wildman–Crippen MR) is 62.5 cm³/mol. The molecule has 0 aromatic heterocycles. The van der Waals surface area contributed by atoms with Gasteiger partial charge in [-0.15, -0.1) is 0 Å². The van der Waals surface area contributed by atoms with Gasteiger partial charge >= 0.3 is 0 Å². The maximum atomic E-state index is 12.0. The molecule has 0 aliphatic rings. The lowest BCUT2D eigenvalue weighted by atomic mass is 10.00. The third-order valence-corrected chi connectivity index (χ3v) is 2.58. The monoisotopic (exact) mass is 204 g/mol. The summed E-state index contributed by atoms with van der Waals surface area (Å²) >= 11 is 0. The lowest BCUT2D eigenvalue weighted by Gasteiger charge is -2.22. The molecule has 1 radical (unpaired) electrons. The van der Waals surface area contributed by atoms with Crippen LogP contribution in [0.3, 0.4) is 0 Å². The molecular formula is C13H18NO. The molecule has 1 aromatic carbocycles. The van der Waals surface area contributed by atoms with Crippen molar-refractivity contribution in [3.8, 4) is 0 Å². The number of rotatable bonds is 4. The van der Waals surface area contributed by atoms with Gasteiger partial charge in [0, 0.05) is 13.1 Å². The Balaban J connectivity index is 2.76. The molecule has 15 heavy (non-hydrogen) atoms. The van der Waals surface area contributed by atoms with Crippen LogP contribution in [-0.2, 0) is 4.79 Å². The Kier molecular flexibility index (Phi) is 4.35. The minimum atomic E-state index is -0.286. The molecule has 0 bridgehead atoms. The predicted octanol–water partition coefficient (Wildman–Crippen LogP) is 2.47. The Labute approximate surface area is 91.9 Å². The summed E-state index contributed by atoms with van der Waals surface area (Å²) in [6.45, 7) is 9.39. The van der Waals surface area contributed by atoms with E-state index < -0.39 is 0 Å². The zero-order valence-corrected chi connectivity index (χ0v) is 9.44. The first-order chi connectivity index (χ1) is 7.20. The van der Waals surface area contributed by atoms with Crippen LogP contribution in [0.4, 0.5) is 0 Å². The molecule has 2 heteroatoms. The number of benzene rings is 1. The zero-order chi connectivity index (χ0) is 11.3. The molecule has 0 spiro atoms. The molecule has 1 rings (SSSR count). The lowest BCUT2D eigenvalue weighted by Crippen LogP contribution is -2.33. The number of amides is 1. The number of hydrogen-bond donors (Lipinski definition) is 0. The second kappa shape index (κ2) is 5.54. The summed E-state index contributed by atoms with van der Waals surface area (Å²) in [5.41, 5.74) is 0.981. The van der Waals surface area contributed by atoms with Gasteiger partial charge in [-0.05, 0) is 26.3 Å². The highest BCUT2D eigenvalue weighted by atomic mass is 16.2. The average molecular weight is 204 g/mol. The fourth-order valence-electron chi connectivity index (χ4n) is 1.58. The van der Waals surface area contributed by atoms with Gasteiger partial charge < -0.3 is 4.90 Å². The normalized spacial score (nSPS) is 12.2. The Morgan fingerprint density at radius 1 is 1.27 bits per heavy atom. The van der Waals surface area contributed by atoms with Crippen LogP contribution in [-0.4, -0.2) is 23.9 Å². The maximum Gasteiger partial charge on any atom is 0.230 e. The smallest absolute Gasteiger partial charge is 0.230 e. The first-order valence-electron chi connectivity index (χ1n) is 5.37. The largest absolute Gasteiger partial charge is 0.343 e. The fourth-order valence-corrected chi connectivity index (χ4v) is 1.58. The van der Waals surface area contributed by atoms with E-state index in [-0.39, 0.29) is 11.8 Å². The van der Waals surface area contributed by atoms with Gasteiger partial charge in [0.15, 0.2) is 0 Å². The lowest BCUT2D eigenvalue weighted by molar-refractivity contribution is -0.131. The fraction of sp³-hybridized carbons (Fsp3) is 0.385. The standard InChI is InChI=1S/C13H18NO/c1-4-14(5-2)13(15)11(3)12-9-7-6-8-10-12/h6-11H,3-5H2,1-2H3. The topological polar surface area (TPSA) is 20.3 Å². The van der Waals surface area contributed by atoms with Crippen LogP contribution in [0, 0.1) is 6.92 Å². The highest BCUT2D eigenvalue weighted by Gasteiger charge is 2.19. The molecule has 0 saturated heterocycles. The van der Waals surface area contributed by atoms with Gasteiger partial charge in [-0.1, -0.05) is 30.3 Å². The van der Waals surface area contributed by atoms with Crippen molar-refractivity contribution in [1.82, 2.24) is 4.90 Å². The summed E-state index contributed by atoms with van der Waals surface area (Å²) in [5, 5.41) is 0. The molecule has 0 aliphatic heterocycles. The van der Waals surface area contributed by atoms with E-state index in [1.807, 2.05) is 49.1 Å². The zero-order valence-electron chi connectivity index (χ0n) is 9.44. The van der Waals surface area contributed by atoms with Crippen LogP contribution in [0.15, 0.2) is 30.3 Å². The van der Waals surface area contributed by atoms with E-state index in [2.05, 4.69) is 6.92 Å². The summed E-state index contributed by atoms with van der Waals surface area (Å²) in [6, 6.07) is 9.70. The Morgan fingerprint density at radius 3 is 2.27 bits per heavy atom. The summed E-state index contributed by atoms with van der Waals surface area (Å²) in [5.74, 6) is -0.183. The SMILES string of the molecule is [CH2]C(C(=O)N(CC)CC)c1ccccc1. The van der Waals surface area contributed by atoms with Gasteiger partial charge in [0.25, 0.3) is 0 Å². The van der Waals surface area contributed by atoms with Crippen molar-refractivity contribution in [1.29, 1.82) is 0 Å². The van der Waals surface area contributed by atoms with Crippen LogP contribution in [0.25, 0.3) is 0 Å². The third kappa shape index (κ3) is 2.82. The van der Waals surface area contributed by atoms with E-state index >= 15 is 0 Å². The van der Waals surface area contributed by atoms with Gasteiger partial charge in [-0.2, -0.15) is 0 Å². The van der Waals surface area contributed by atoms with Crippen molar-refractivity contribution >= 4 is 5.91 Å². The van der Waals surface area contributed by atoms with Crippen molar-refractivity contribution in [3.05, 3.63) is 42.8 Å². The second-order valence-corrected chi connectivity index (χ2v) is 3.47. The maximum absolute atomic E-state index is 12.0. The van der Waals surface area contributed by atoms with Crippen LogP contribution in [0.1, 0.15) is 25.3 Å². The third-order valence-electron chi connectivity index (χ3n) is 2.58. The van der Waals surface area contributed by atoms with E-state index in [9.17, 15) is 4.79 Å². The van der Waals surface area contributed by atoms with Gasteiger partial charge in [0.2, 0.25) is 5.91 Å². The van der Waals surface area contributed by atoms with Gasteiger partial charge in [-0.25, -0.2) is 0 Å². The van der Waals surface area contributed by atoms with Crippen molar-refractivity contribution in [2.24, 2.45) is 0 Å². The van der Waals surface area contributed by atoms with E-state index in [1.165, 1.54) is 0 Å². The van der Waals surface area contributed by atoms with E-state index in [0.717, 1.165) is 18.7 Å². The molecule has 1 amide bonds. The van der Waals surface area contributed by atoms with Gasteiger partial charge in [0.1, 0.15) is 0 Å². The summed E-state index contributed by atoms with van der Waals surface area (Å²) < 4.78 is 0. The minimum Gasteiger partial charge on any atom is -0.343 e. The van der Waals surface area contributed by atoms with E-state index in [1.54, 1.807) is 0 Å². The minimum absolute atomic E-state index is 0.103. The summed E-state index contributed by atoms with van der Waals surface area (Å²) in [7, 11) is 0. The first-order valence-corrected chi connectivity index (χ1v) is 5.37. The molecular weight excluding hydrogens is 186 g/mol. The highest BCUT2D eigenvalue weighted by Crippen LogP contribution is 2.16. The van der Waals surface area contributed by atoms with Gasteiger partial charge in [0.05, 0.1) is 5.92 Å². The molecule has 81 valence electrons. The molecule has 1 atom stereocenters. The van der Waals surface area contributed by atoms with E-state index in [0.29, 0.717) is 0 Å². The molecule has 0 heterocycles. The molecule has 1 unspecified atom stereocenters. The van der Waals surface area contributed by atoms with Crippen molar-refractivity contribution in [2.45, 2.75) is 19.8 Å². The van der Waals surface area contributed by atoms with Crippen LogP contribution in [0.5, 0.6) is 0 Å². The first kappa shape index (κ1) is 11.8. The Bertz CT molecular complexity index is 304. The molecule has 0 saturated carbocycles. The van der Waals surface area contributed by atoms with Crippen LogP contribution in [0.2, 0.25) is 0 Å². The second-order valence-electron chi connectivity index (χ2n) is 3.47. The average Bonchev–Trinajstić information content (AvgIpc) is 2.30. The van der Waals surface area contributed by atoms with Crippen molar-refractivity contribution in [2.75, 3.05) is 13.1 Å². The van der Waals surface area contributed by atoms with Crippen molar-refractivity contribution in [3.63, 3.8) is 0 Å². The van der Waals surface area contributed by atoms with Gasteiger partial charge in [-0.3, -0.25) is 4.79 Å². The van der Waals surface area contributed by atoms with Crippen molar-refractivity contribution < 1.29 is 4.79 Å². The number of likely N-dealkylation sites (N-methyl/N-ethyl adjacent to an activating group) is 1. The van der Waals surface area contributed by atoms with E-state index in [4.69, 9.17) is 0 Å². The molecule has 0 aliphatic carbocycles. The number of hydrogen-bond acceptors (Lipinski definition) is 1. The molecule has 2 nitrogen and oxygen atoms in total. The molecule has 0 N–H and O–H groups in total. The summed E-state index contributed by atoms with van der Waals surface area (Å²) in [6.07, 6.45) is 0. The highest BCUT2D eigenvalue weighted by molar-refractivity contribution is 5.84. The number of carbonyl (C=O) groups excluding carboxylic acids is 1. The van der Waals surface area contributed by atoms with Crippen LogP contribution < -0.4 is 0 Å². The number of nitrogens with zero attached hydrogens (tertiary/aromatic N) is 1. The quantitative estimate of drug-likeness (QED) is 0.737.